The molecule has 0 unspecified atom stereocenters. The van der Waals surface area contributed by atoms with E-state index < -0.39 is 0 Å². The summed E-state index contributed by atoms with van der Waals surface area (Å²) in [6, 6.07) is 8.85. The van der Waals surface area contributed by atoms with Crippen LogP contribution in [0.4, 0.5) is 0 Å². The molecule has 0 aliphatic rings. The molecule has 82 valence electrons. The maximum Gasteiger partial charge on any atom is -0.00769 e. The Morgan fingerprint density at radius 3 is 1.38 bits per heavy atom. The van der Waals surface area contributed by atoms with E-state index in [0.29, 0.717) is 0 Å². The predicted molar refractivity (Wildman–Crippen MR) is 73.0 cm³/mol. The van der Waals surface area contributed by atoms with Crippen molar-refractivity contribution in [2.24, 2.45) is 0 Å². The molecule has 0 heteroatoms. The maximum atomic E-state index is 2.21. The van der Waals surface area contributed by atoms with Crippen LogP contribution in [0.2, 0.25) is 0 Å². The zero-order chi connectivity index (χ0) is 11.7. The van der Waals surface area contributed by atoms with Crippen molar-refractivity contribution in [2.45, 2.75) is 27.7 Å². The highest BCUT2D eigenvalue weighted by atomic mass is 14.1. The fourth-order valence-electron chi connectivity index (χ4n) is 2.38. The van der Waals surface area contributed by atoms with Gasteiger partial charge in [0, 0.05) is 0 Å². The fraction of sp³-hybridized carbons (Fsp3) is 0.250. The molecule has 2 rings (SSSR count). The molecule has 0 atom stereocenters. The first-order chi connectivity index (χ1) is 7.69. The molecule has 0 bridgehead atoms. The van der Waals surface area contributed by atoms with Crippen molar-refractivity contribution in [1.82, 2.24) is 0 Å². The third-order valence-electron chi connectivity index (χ3n) is 3.26. The quantitative estimate of drug-likeness (QED) is 0.627. The lowest BCUT2D eigenvalue weighted by Crippen LogP contribution is -2.11. The summed E-state index contributed by atoms with van der Waals surface area (Å²) < 4.78 is 0. The van der Waals surface area contributed by atoms with Crippen molar-refractivity contribution in [3.8, 4) is 0 Å². The van der Waals surface area contributed by atoms with Crippen LogP contribution in [0.5, 0.6) is 0 Å². The van der Waals surface area contributed by atoms with Gasteiger partial charge in [-0.15, -0.1) is 0 Å². The van der Waals surface area contributed by atoms with Gasteiger partial charge in [-0.25, -0.2) is 0 Å². The number of aryl methyl sites for hydroxylation is 2. The smallest absolute Gasteiger partial charge is 0.00769 e. The molecule has 16 heavy (non-hydrogen) atoms. The van der Waals surface area contributed by atoms with E-state index in [1.165, 1.54) is 32.3 Å². The van der Waals surface area contributed by atoms with E-state index >= 15 is 0 Å². The molecule has 0 fully saturated rings. The predicted octanol–water partition coefficient (Wildman–Crippen LogP) is 3.06. The molecule has 0 saturated heterocycles. The molecule has 0 aliphatic heterocycles. The summed E-state index contributed by atoms with van der Waals surface area (Å²) in [6.45, 7) is 8.58. The molecule has 2 aromatic rings. The molecule has 0 N–H and O–H groups in total. The van der Waals surface area contributed by atoms with Gasteiger partial charge in [0.25, 0.3) is 0 Å². The van der Waals surface area contributed by atoms with Crippen LogP contribution < -0.4 is 10.4 Å². The average molecular weight is 210 g/mol. The van der Waals surface area contributed by atoms with Crippen molar-refractivity contribution < 1.29 is 0 Å². The van der Waals surface area contributed by atoms with Crippen molar-refractivity contribution in [1.29, 1.82) is 0 Å². The Hall–Kier alpha value is -1.56. The van der Waals surface area contributed by atoms with E-state index in [4.69, 9.17) is 0 Å². The minimum Gasteiger partial charge on any atom is -0.0798 e. The lowest BCUT2D eigenvalue weighted by molar-refractivity contribution is 1.44. The monoisotopic (exact) mass is 210 g/mol. The summed E-state index contributed by atoms with van der Waals surface area (Å²) in [7, 11) is 0. The van der Waals surface area contributed by atoms with Crippen LogP contribution in [0.25, 0.3) is 22.9 Å². The normalized spacial score (nSPS) is 13.8. The van der Waals surface area contributed by atoms with Gasteiger partial charge in [0.05, 0.1) is 0 Å². The topological polar surface area (TPSA) is 0 Å². The SMILES string of the molecule is C/C=c1/ccc(C)c2/c(=C\C)ccc(C)c12. The lowest BCUT2D eigenvalue weighted by atomic mass is 9.97. The summed E-state index contributed by atoms with van der Waals surface area (Å²) >= 11 is 0. The Kier molecular flexibility index (Phi) is 2.82. The first-order valence-electron chi connectivity index (χ1n) is 5.80. The Balaban J connectivity index is 3.21. The third kappa shape index (κ3) is 1.55. The molecule has 0 spiro atoms. The van der Waals surface area contributed by atoms with E-state index in [1.807, 2.05) is 0 Å². The Labute approximate surface area is 96.9 Å². The Morgan fingerprint density at radius 2 is 1.06 bits per heavy atom. The van der Waals surface area contributed by atoms with Crippen LogP contribution in [0.3, 0.4) is 0 Å². The molecule has 0 heterocycles. The van der Waals surface area contributed by atoms with Gasteiger partial charge in [-0.3, -0.25) is 0 Å². The van der Waals surface area contributed by atoms with Crippen molar-refractivity contribution in [3.63, 3.8) is 0 Å². The highest BCUT2D eigenvalue weighted by Gasteiger charge is 2.02. The zero-order valence-electron chi connectivity index (χ0n) is 10.5. The summed E-state index contributed by atoms with van der Waals surface area (Å²) in [4.78, 5) is 0. The number of benzene rings is 2. The van der Waals surface area contributed by atoms with Crippen LogP contribution in [0.1, 0.15) is 25.0 Å². The van der Waals surface area contributed by atoms with Gasteiger partial charge in [-0.2, -0.15) is 0 Å². The molecule has 0 amide bonds. The molecular formula is C16H18. The number of fused-ring (bicyclic) bond motifs is 1. The number of hydrogen-bond donors (Lipinski definition) is 0. The zero-order valence-corrected chi connectivity index (χ0v) is 10.5. The highest BCUT2D eigenvalue weighted by Crippen LogP contribution is 2.14. The molecular weight excluding hydrogens is 192 g/mol. The van der Waals surface area contributed by atoms with Gasteiger partial charge in [-0.05, 0) is 60.0 Å². The second-order valence-corrected chi connectivity index (χ2v) is 4.27. The number of hydrogen-bond acceptors (Lipinski definition) is 0. The summed E-state index contributed by atoms with van der Waals surface area (Å²) in [5, 5.41) is 5.47. The van der Waals surface area contributed by atoms with E-state index in [0.717, 1.165) is 0 Å². The Bertz CT molecular complexity index is 587. The van der Waals surface area contributed by atoms with Crippen LogP contribution in [-0.4, -0.2) is 0 Å². The largest absolute Gasteiger partial charge is 0.0798 e. The minimum atomic E-state index is 1.34. The maximum absolute atomic E-state index is 2.21. The van der Waals surface area contributed by atoms with Gasteiger partial charge in [0.2, 0.25) is 0 Å². The van der Waals surface area contributed by atoms with Crippen LogP contribution in [0.15, 0.2) is 24.3 Å². The van der Waals surface area contributed by atoms with E-state index in [-0.39, 0.29) is 0 Å². The van der Waals surface area contributed by atoms with Gasteiger partial charge in [0.15, 0.2) is 0 Å². The molecule has 0 radical (unpaired) electrons. The lowest BCUT2D eigenvalue weighted by Gasteiger charge is -2.07. The van der Waals surface area contributed by atoms with Crippen LogP contribution in [-0.2, 0) is 0 Å². The van der Waals surface area contributed by atoms with Crippen molar-refractivity contribution >= 4 is 22.9 Å². The highest BCUT2D eigenvalue weighted by molar-refractivity contribution is 5.90. The second-order valence-electron chi connectivity index (χ2n) is 4.27. The van der Waals surface area contributed by atoms with E-state index in [1.54, 1.807) is 0 Å². The molecule has 0 nitrogen and oxygen atoms in total. The molecule has 2 aromatic carbocycles. The third-order valence-corrected chi connectivity index (χ3v) is 3.26. The number of rotatable bonds is 0. The Morgan fingerprint density at radius 1 is 0.688 bits per heavy atom. The van der Waals surface area contributed by atoms with Crippen molar-refractivity contribution in [3.05, 3.63) is 45.8 Å². The van der Waals surface area contributed by atoms with Gasteiger partial charge < -0.3 is 0 Å². The molecule has 0 aromatic heterocycles. The summed E-state index contributed by atoms with van der Waals surface area (Å²) in [5.74, 6) is 0. The van der Waals surface area contributed by atoms with Crippen molar-refractivity contribution in [2.75, 3.05) is 0 Å². The second kappa shape index (κ2) is 4.13. The van der Waals surface area contributed by atoms with Crippen LogP contribution in [0, 0.1) is 13.8 Å². The molecule has 0 aliphatic carbocycles. The average Bonchev–Trinajstić information content (AvgIpc) is 2.31. The standard InChI is InChI=1S/C16H18/c1-5-13-9-7-12(4)16-14(6-2)10-8-11(3)15(13)16/h5-10H,1-4H3/b13-5-,14-6-. The van der Waals surface area contributed by atoms with Crippen LogP contribution >= 0.6 is 0 Å². The first-order valence-corrected chi connectivity index (χ1v) is 5.80. The minimum absolute atomic E-state index is 1.34. The van der Waals surface area contributed by atoms with E-state index in [9.17, 15) is 0 Å². The summed E-state index contributed by atoms with van der Waals surface area (Å²) in [6.07, 6.45) is 4.38. The first kappa shape index (κ1) is 10.9. The van der Waals surface area contributed by atoms with Gasteiger partial charge >= 0.3 is 0 Å². The van der Waals surface area contributed by atoms with E-state index in [2.05, 4.69) is 64.1 Å². The fourth-order valence-corrected chi connectivity index (χ4v) is 2.38. The van der Waals surface area contributed by atoms with Gasteiger partial charge in [-0.1, -0.05) is 36.4 Å². The van der Waals surface area contributed by atoms with Gasteiger partial charge in [0.1, 0.15) is 0 Å². The summed E-state index contributed by atoms with van der Waals surface area (Å²) in [5.41, 5.74) is 2.72. The molecule has 0 saturated carbocycles.